The molecule has 0 fully saturated rings. The monoisotopic (exact) mass is 191 g/mol. The molecule has 0 aromatic heterocycles. The number of hydrogen-bond acceptors (Lipinski definition) is 4. The molecule has 0 radical (unpaired) electrons. The minimum Gasteiger partial charge on any atom is -0.467 e. The second kappa shape index (κ2) is 4.05. The number of isocyanates is 1. The fourth-order valence-corrected chi connectivity index (χ4v) is 1.37. The van der Waals surface area contributed by atoms with E-state index in [-0.39, 0.29) is 0 Å². The molecule has 0 aliphatic carbocycles. The van der Waals surface area contributed by atoms with Gasteiger partial charge in [-0.1, -0.05) is 6.07 Å². The summed E-state index contributed by atoms with van der Waals surface area (Å²) in [7, 11) is 0. The average Bonchev–Trinajstić information content (AvgIpc) is 2.26. The van der Waals surface area contributed by atoms with Crippen molar-refractivity contribution >= 4 is 6.08 Å². The first-order valence-corrected chi connectivity index (χ1v) is 4.26. The number of nitrogens with zero attached hydrogens (tertiary/aromatic N) is 1. The van der Waals surface area contributed by atoms with Crippen molar-refractivity contribution in [3.63, 3.8) is 0 Å². The Kier molecular flexibility index (Phi) is 2.58. The summed E-state index contributed by atoms with van der Waals surface area (Å²) in [4.78, 5) is 13.4. The van der Waals surface area contributed by atoms with Crippen molar-refractivity contribution < 1.29 is 14.3 Å². The van der Waals surface area contributed by atoms with Gasteiger partial charge in [-0.05, 0) is 17.7 Å². The summed E-state index contributed by atoms with van der Waals surface area (Å²) < 4.78 is 10.4. The molecule has 0 amide bonds. The van der Waals surface area contributed by atoms with Gasteiger partial charge in [0.15, 0.2) is 6.79 Å². The number of fused-ring (bicyclic) bond motifs is 1. The minimum absolute atomic E-state index is 0.304. The van der Waals surface area contributed by atoms with Gasteiger partial charge in [0.1, 0.15) is 5.75 Å². The highest BCUT2D eigenvalue weighted by atomic mass is 16.7. The Bertz CT molecular complexity index is 383. The molecule has 0 saturated heterocycles. The molecule has 14 heavy (non-hydrogen) atoms. The SMILES string of the molecule is O=C=NCc1ccc2c(c1)COCO2. The van der Waals surface area contributed by atoms with Crippen LogP contribution >= 0.6 is 0 Å². The van der Waals surface area contributed by atoms with Crippen LogP contribution in [0.25, 0.3) is 0 Å². The van der Waals surface area contributed by atoms with Crippen molar-refractivity contribution in [3.05, 3.63) is 29.3 Å². The molecule has 2 rings (SSSR count). The molecule has 4 nitrogen and oxygen atoms in total. The van der Waals surface area contributed by atoms with Crippen molar-refractivity contribution in [1.82, 2.24) is 0 Å². The molecular formula is C10H9NO3. The van der Waals surface area contributed by atoms with Crippen LogP contribution in [0.1, 0.15) is 11.1 Å². The summed E-state index contributed by atoms with van der Waals surface area (Å²) in [5, 5.41) is 0. The molecule has 4 heteroatoms. The number of ether oxygens (including phenoxy) is 2. The third-order valence-electron chi connectivity index (χ3n) is 2.01. The van der Waals surface area contributed by atoms with Crippen LogP contribution in [0.2, 0.25) is 0 Å². The minimum atomic E-state index is 0.304. The average molecular weight is 191 g/mol. The van der Waals surface area contributed by atoms with Gasteiger partial charge in [0.25, 0.3) is 0 Å². The Balaban J connectivity index is 2.24. The van der Waals surface area contributed by atoms with E-state index in [0.29, 0.717) is 19.9 Å². The zero-order valence-electron chi connectivity index (χ0n) is 7.53. The summed E-state index contributed by atoms with van der Waals surface area (Å²) in [6.07, 6.45) is 1.51. The van der Waals surface area contributed by atoms with E-state index in [2.05, 4.69) is 4.99 Å². The molecule has 1 aliphatic rings. The van der Waals surface area contributed by atoms with E-state index in [1.165, 1.54) is 6.08 Å². The van der Waals surface area contributed by atoms with Crippen LogP contribution in [0, 0.1) is 0 Å². The van der Waals surface area contributed by atoms with E-state index in [4.69, 9.17) is 9.47 Å². The maximum atomic E-state index is 9.93. The molecular weight excluding hydrogens is 182 g/mol. The van der Waals surface area contributed by atoms with E-state index >= 15 is 0 Å². The van der Waals surface area contributed by atoms with Crippen LogP contribution in [0.4, 0.5) is 0 Å². The lowest BCUT2D eigenvalue weighted by Crippen LogP contribution is -2.11. The number of aliphatic imine (C=N–C) groups is 1. The smallest absolute Gasteiger partial charge is 0.235 e. The summed E-state index contributed by atoms with van der Waals surface area (Å²) in [6.45, 7) is 1.21. The quantitative estimate of drug-likeness (QED) is 0.524. The van der Waals surface area contributed by atoms with Crippen molar-refractivity contribution in [2.75, 3.05) is 6.79 Å². The maximum Gasteiger partial charge on any atom is 0.235 e. The Morgan fingerprint density at radius 1 is 1.50 bits per heavy atom. The van der Waals surface area contributed by atoms with Crippen LogP contribution in [0.5, 0.6) is 5.75 Å². The molecule has 72 valence electrons. The Morgan fingerprint density at radius 3 is 3.29 bits per heavy atom. The highest BCUT2D eigenvalue weighted by Crippen LogP contribution is 2.24. The molecule has 1 aromatic rings. The lowest BCUT2D eigenvalue weighted by Gasteiger charge is -2.17. The van der Waals surface area contributed by atoms with E-state index in [1.807, 2.05) is 18.2 Å². The topological polar surface area (TPSA) is 47.9 Å². The van der Waals surface area contributed by atoms with Crippen LogP contribution < -0.4 is 4.74 Å². The fraction of sp³-hybridized carbons (Fsp3) is 0.300. The van der Waals surface area contributed by atoms with Gasteiger partial charge < -0.3 is 9.47 Å². The third-order valence-corrected chi connectivity index (χ3v) is 2.01. The van der Waals surface area contributed by atoms with Gasteiger partial charge in [-0.2, -0.15) is 0 Å². The van der Waals surface area contributed by atoms with Crippen LogP contribution in [-0.2, 0) is 22.7 Å². The van der Waals surface area contributed by atoms with Gasteiger partial charge in [-0.15, -0.1) is 0 Å². The Hall–Kier alpha value is -1.64. The lowest BCUT2D eigenvalue weighted by molar-refractivity contribution is -0.0164. The highest BCUT2D eigenvalue weighted by molar-refractivity contribution is 5.39. The maximum absolute atomic E-state index is 9.93. The summed E-state index contributed by atoms with van der Waals surface area (Å²) in [6, 6.07) is 5.67. The van der Waals surface area contributed by atoms with Gasteiger partial charge in [0, 0.05) is 5.56 Å². The number of carbonyl (C=O) groups excluding carboxylic acids is 1. The molecule has 0 atom stereocenters. The molecule has 1 aliphatic heterocycles. The Morgan fingerprint density at radius 2 is 2.43 bits per heavy atom. The summed E-state index contributed by atoms with van der Waals surface area (Å²) in [5.74, 6) is 0.843. The first kappa shape index (κ1) is 8.94. The van der Waals surface area contributed by atoms with Gasteiger partial charge in [-0.25, -0.2) is 9.79 Å². The molecule has 1 aromatic carbocycles. The predicted molar refractivity (Wildman–Crippen MR) is 48.6 cm³/mol. The fourth-order valence-electron chi connectivity index (χ4n) is 1.37. The van der Waals surface area contributed by atoms with Gasteiger partial charge in [-0.3, -0.25) is 0 Å². The third kappa shape index (κ3) is 1.82. The highest BCUT2D eigenvalue weighted by Gasteiger charge is 2.10. The van der Waals surface area contributed by atoms with Crippen molar-refractivity contribution in [2.45, 2.75) is 13.2 Å². The predicted octanol–water partition coefficient (Wildman–Crippen LogP) is 1.39. The molecule has 0 bridgehead atoms. The normalized spacial score (nSPS) is 13.7. The number of rotatable bonds is 2. The summed E-state index contributed by atoms with van der Waals surface area (Å²) in [5.41, 5.74) is 1.95. The van der Waals surface area contributed by atoms with Crippen molar-refractivity contribution in [3.8, 4) is 5.75 Å². The molecule has 0 unspecified atom stereocenters. The number of hydrogen-bond donors (Lipinski definition) is 0. The lowest BCUT2D eigenvalue weighted by atomic mass is 10.1. The van der Waals surface area contributed by atoms with Crippen LogP contribution in [0.3, 0.4) is 0 Å². The zero-order valence-corrected chi connectivity index (χ0v) is 7.53. The Labute approximate surface area is 81.2 Å². The van der Waals surface area contributed by atoms with E-state index in [1.54, 1.807) is 0 Å². The van der Waals surface area contributed by atoms with Gasteiger partial charge in [0.05, 0.1) is 13.2 Å². The van der Waals surface area contributed by atoms with Crippen molar-refractivity contribution in [2.24, 2.45) is 4.99 Å². The molecule has 0 N–H and O–H groups in total. The standard InChI is InChI=1S/C10H9NO3/c12-6-11-4-8-1-2-10-9(3-8)5-13-7-14-10/h1-3H,4-5,7H2. The second-order valence-electron chi connectivity index (χ2n) is 2.96. The van der Waals surface area contributed by atoms with Crippen LogP contribution in [-0.4, -0.2) is 12.9 Å². The van der Waals surface area contributed by atoms with Crippen molar-refractivity contribution in [1.29, 1.82) is 0 Å². The molecule has 1 heterocycles. The van der Waals surface area contributed by atoms with E-state index in [0.717, 1.165) is 16.9 Å². The van der Waals surface area contributed by atoms with Gasteiger partial charge >= 0.3 is 0 Å². The summed E-state index contributed by atoms with van der Waals surface area (Å²) >= 11 is 0. The van der Waals surface area contributed by atoms with Crippen LogP contribution in [0.15, 0.2) is 23.2 Å². The number of benzene rings is 1. The molecule has 0 saturated carbocycles. The van der Waals surface area contributed by atoms with E-state index in [9.17, 15) is 4.79 Å². The first-order valence-electron chi connectivity index (χ1n) is 4.26. The largest absolute Gasteiger partial charge is 0.467 e. The molecule has 0 spiro atoms. The van der Waals surface area contributed by atoms with Gasteiger partial charge in [0.2, 0.25) is 6.08 Å². The zero-order chi connectivity index (χ0) is 9.80. The van der Waals surface area contributed by atoms with E-state index < -0.39 is 0 Å². The second-order valence-corrected chi connectivity index (χ2v) is 2.96. The first-order chi connectivity index (χ1) is 6.90.